The van der Waals surface area contributed by atoms with Crippen LogP contribution in [0.15, 0.2) is 23.3 Å². The van der Waals surface area contributed by atoms with E-state index in [1.807, 2.05) is 7.05 Å². The predicted molar refractivity (Wildman–Crippen MR) is 57.3 cm³/mol. The average molecular weight is 195 g/mol. The maximum absolute atomic E-state index is 11.3. The smallest absolute Gasteiger partial charge is 0.186 e. The van der Waals surface area contributed by atoms with Crippen LogP contribution in [-0.2, 0) is 6.54 Å². The molecule has 0 bridgehead atoms. The second-order valence-corrected chi connectivity index (χ2v) is 3.17. The fourth-order valence-corrected chi connectivity index (χ4v) is 1.20. The first kappa shape index (κ1) is 10.9. The van der Waals surface area contributed by atoms with Crippen molar-refractivity contribution in [2.45, 2.75) is 13.0 Å². The van der Waals surface area contributed by atoms with E-state index < -0.39 is 0 Å². The summed E-state index contributed by atoms with van der Waals surface area (Å²) in [5, 5.41) is 6.29. The third-order valence-corrected chi connectivity index (χ3v) is 2.00. The van der Waals surface area contributed by atoms with E-state index >= 15 is 0 Å². The summed E-state index contributed by atoms with van der Waals surface area (Å²) in [4.78, 5) is 14.2. The summed E-state index contributed by atoms with van der Waals surface area (Å²) in [5.41, 5.74) is 0.877. The molecule has 4 nitrogen and oxygen atoms in total. The molecule has 0 saturated carbocycles. The molecule has 1 aromatic rings. The Kier molecular flexibility index (Phi) is 4.96. The first-order chi connectivity index (χ1) is 6.84. The van der Waals surface area contributed by atoms with Crippen molar-refractivity contribution in [1.82, 2.24) is 15.6 Å². The lowest BCUT2D eigenvalue weighted by Crippen LogP contribution is -2.22. The van der Waals surface area contributed by atoms with Gasteiger partial charge in [-0.2, -0.15) is 0 Å². The van der Waals surface area contributed by atoms with E-state index in [-0.39, 0.29) is 5.43 Å². The van der Waals surface area contributed by atoms with Gasteiger partial charge in [-0.15, -0.1) is 0 Å². The van der Waals surface area contributed by atoms with Crippen molar-refractivity contribution in [1.29, 1.82) is 0 Å². The Hall–Kier alpha value is -1.13. The molecular formula is C10H17N3O. The van der Waals surface area contributed by atoms with Gasteiger partial charge in [-0.25, -0.2) is 0 Å². The molecule has 0 atom stereocenters. The monoisotopic (exact) mass is 195 g/mol. The van der Waals surface area contributed by atoms with Crippen LogP contribution >= 0.6 is 0 Å². The topological polar surface area (TPSA) is 56.9 Å². The molecule has 1 rings (SSSR count). The first-order valence-electron chi connectivity index (χ1n) is 4.86. The van der Waals surface area contributed by atoms with Gasteiger partial charge >= 0.3 is 0 Å². The maximum Gasteiger partial charge on any atom is 0.186 e. The summed E-state index contributed by atoms with van der Waals surface area (Å²) in [5.74, 6) is 0. The zero-order valence-electron chi connectivity index (χ0n) is 8.47. The van der Waals surface area contributed by atoms with Gasteiger partial charge < -0.3 is 15.6 Å². The van der Waals surface area contributed by atoms with Gasteiger partial charge in [-0.3, -0.25) is 4.79 Å². The molecule has 0 aliphatic heterocycles. The predicted octanol–water partition coefficient (Wildman–Crippen LogP) is 0.0740. The van der Waals surface area contributed by atoms with E-state index in [1.54, 1.807) is 18.5 Å². The Morgan fingerprint density at radius 1 is 1.43 bits per heavy atom. The van der Waals surface area contributed by atoms with Crippen molar-refractivity contribution < 1.29 is 0 Å². The molecule has 3 N–H and O–H groups in total. The summed E-state index contributed by atoms with van der Waals surface area (Å²) in [6, 6.07) is 1.55. The molecule has 1 aromatic heterocycles. The number of hydrogen-bond donors (Lipinski definition) is 3. The number of H-pyrrole nitrogens is 1. The Bertz CT molecular complexity index is 308. The van der Waals surface area contributed by atoms with Crippen LogP contribution in [0.4, 0.5) is 0 Å². The molecule has 1 heterocycles. The van der Waals surface area contributed by atoms with Crippen LogP contribution in [0, 0.1) is 0 Å². The molecule has 0 aromatic carbocycles. The number of hydrogen-bond acceptors (Lipinski definition) is 3. The van der Waals surface area contributed by atoms with Crippen LogP contribution in [0.1, 0.15) is 12.0 Å². The molecule has 14 heavy (non-hydrogen) atoms. The number of aromatic nitrogens is 1. The molecule has 0 spiro atoms. The van der Waals surface area contributed by atoms with E-state index in [0.29, 0.717) is 6.54 Å². The summed E-state index contributed by atoms with van der Waals surface area (Å²) >= 11 is 0. The fourth-order valence-electron chi connectivity index (χ4n) is 1.20. The van der Waals surface area contributed by atoms with E-state index in [9.17, 15) is 4.79 Å². The van der Waals surface area contributed by atoms with Gasteiger partial charge in [0.1, 0.15) is 0 Å². The van der Waals surface area contributed by atoms with E-state index in [4.69, 9.17) is 0 Å². The Morgan fingerprint density at radius 2 is 2.29 bits per heavy atom. The van der Waals surface area contributed by atoms with Gasteiger partial charge in [-0.1, -0.05) is 0 Å². The second-order valence-electron chi connectivity index (χ2n) is 3.17. The summed E-state index contributed by atoms with van der Waals surface area (Å²) in [6.07, 6.45) is 4.46. The SMILES string of the molecule is CNCCCNCc1c[nH]ccc1=O. The van der Waals surface area contributed by atoms with Gasteiger partial charge in [0.25, 0.3) is 0 Å². The number of pyridine rings is 1. The molecule has 78 valence electrons. The van der Waals surface area contributed by atoms with Crippen molar-refractivity contribution in [2.75, 3.05) is 20.1 Å². The highest BCUT2D eigenvalue weighted by Gasteiger charge is 1.95. The highest BCUT2D eigenvalue weighted by Crippen LogP contribution is 1.86. The molecule has 0 aliphatic rings. The zero-order chi connectivity index (χ0) is 10.2. The lowest BCUT2D eigenvalue weighted by atomic mass is 10.2. The minimum absolute atomic E-state index is 0.0878. The van der Waals surface area contributed by atoms with Crippen molar-refractivity contribution in [3.63, 3.8) is 0 Å². The average Bonchev–Trinajstić information content (AvgIpc) is 2.20. The first-order valence-corrected chi connectivity index (χ1v) is 4.86. The largest absolute Gasteiger partial charge is 0.367 e. The summed E-state index contributed by atoms with van der Waals surface area (Å²) < 4.78 is 0. The highest BCUT2D eigenvalue weighted by molar-refractivity contribution is 5.08. The Morgan fingerprint density at radius 3 is 3.00 bits per heavy atom. The maximum atomic E-state index is 11.3. The molecule has 0 amide bonds. The number of aromatic amines is 1. The summed E-state index contributed by atoms with van der Waals surface area (Å²) in [6.45, 7) is 2.56. The third-order valence-electron chi connectivity index (χ3n) is 2.00. The van der Waals surface area contributed by atoms with E-state index in [0.717, 1.165) is 25.1 Å². The van der Waals surface area contributed by atoms with Crippen LogP contribution in [-0.4, -0.2) is 25.1 Å². The molecule has 0 unspecified atom stereocenters. The van der Waals surface area contributed by atoms with Crippen molar-refractivity contribution in [2.24, 2.45) is 0 Å². The minimum atomic E-state index is 0.0878. The van der Waals surface area contributed by atoms with Gasteiger partial charge in [-0.05, 0) is 26.6 Å². The van der Waals surface area contributed by atoms with Gasteiger partial charge in [0, 0.05) is 30.6 Å². The zero-order valence-corrected chi connectivity index (χ0v) is 8.47. The highest BCUT2D eigenvalue weighted by atomic mass is 16.1. The molecule has 0 aliphatic carbocycles. The Balaban J connectivity index is 2.25. The normalized spacial score (nSPS) is 10.4. The lowest BCUT2D eigenvalue weighted by Gasteiger charge is -2.03. The van der Waals surface area contributed by atoms with Crippen LogP contribution < -0.4 is 16.1 Å². The number of nitrogens with one attached hydrogen (secondary N) is 3. The van der Waals surface area contributed by atoms with Crippen LogP contribution in [0.5, 0.6) is 0 Å². The van der Waals surface area contributed by atoms with Crippen LogP contribution in [0.3, 0.4) is 0 Å². The van der Waals surface area contributed by atoms with Gasteiger partial charge in [0.05, 0.1) is 0 Å². The molecule has 4 heteroatoms. The standard InChI is InChI=1S/C10H17N3O/c1-11-4-2-5-12-7-9-8-13-6-3-10(9)14/h3,6,8,11-12H,2,4-5,7H2,1H3,(H,13,14). The van der Waals surface area contributed by atoms with Gasteiger partial charge in [0.15, 0.2) is 5.43 Å². The van der Waals surface area contributed by atoms with Crippen LogP contribution in [0.25, 0.3) is 0 Å². The quantitative estimate of drug-likeness (QED) is 0.563. The molecule has 0 radical (unpaired) electrons. The Labute approximate surface area is 83.7 Å². The van der Waals surface area contributed by atoms with Crippen LogP contribution in [0.2, 0.25) is 0 Å². The number of rotatable bonds is 6. The molecular weight excluding hydrogens is 178 g/mol. The van der Waals surface area contributed by atoms with Gasteiger partial charge in [0.2, 0.25) is 0 Å². The third kappa shape index (κ3) is 3.72. The van der Waals surface area contributed by atoms with Crippen molar-refractivity contribution in [3.8, 4) is 0 Å². The van der Waals surface area contributed by atoms with Crippen molar-refractivity contribution >= 4 is 0 Å². The lowest BCUT2D eigenvalue weighted by molar-refractivity contribution is 0.623. The molecule has 0 fully saturated rings. The van der Waals surface area contributed by atoms with E-state index in [2.05, 4.69) is 15.6 Å². The fraction of sp³-hybridized carbons (Fsp3) is 0.500. The summed E-state index contributed by atoms with van der Waals surface area (Å²) in [7, 11) is 1.93. The van der Waals surface area contributed by atoms with Crippen molar-refractivity contribution in [3.05, 3.63) is 34.2 Å². The van der Waals surface area contributed by atoms with E-state index in [1.165, 1.54) is 0 Å². The second kappa shape index (κ2) is 6.34. The molecule has 0 saturated heterocycles. The minimum Gasteiger partial charge on any atom is -0.367 e.